The van der Waals surface area contributed by atoms with Crippen LogP contribution in [0.15, 0.2) is 72.8 Å². The molecule has 4 rings (SSSR count). The predicted octanol–water partition coefficient (Wildman–Crippen LogP) is 5.22. The first-order valence-electron chi connectivity index (χ1n) is 10.6. The molecule has 5 nitrogen and oxygen atoms in total. The lowest BCUT2D eigenvalue weighted by Gasteiger charge is -2.25. The van der Waals surface area contributed by atoms with E-state index in [0.29, 0.717) is 12.2 Å². The van der Waals surface area contributed by atoms with Crippen LogP contribution < -0.4 is 15.0 Å². The van der Waals surface area contributed by atoms with Gasteiger partial charge in [0.25, 0.3) is 0 Å². The summed E-state index contributed by atoms with van der Waals surface area (Å²) in [6, 6.07) is 23.4. The van der Waals surface area contributed by atoms with Gasteiger partial charge in [-0.1, -0.05) is 43.3 Å². The van der Waals surface area contributed by atoms with Gasteiger partial charge in [0.05, 0.1) is 19.3 Å². The van der Waals surface area contributed by atoms with Gasteiger partial charge in [0.2, 0.25) is 11.8 Å². The highest BCUT2D eigenvalue weighted by Crippen LogP contribution is 2.42. The van der Waals surface area contributed by atoms with Gasteiger partial charge in [-0.3, -0.25) is 14.5 Å². The molecule has 2 amide bonds. The Balaban J connectivity index is 1.44. The van der Waals surface area contributed by atoms with Crippen molar-refractivity contribution < 1.29 is 14.3 Å². The second kappa shape index (κ2) is 9.92. The second-order valence-corrected chi connectivity index (χ2v) is 8.71. The number of amides is 2. The Morgan fingerprint density at radius 2 is 1.81 bits per heavy atom. The summed E-state index contributed by atoms with van der Waals surface area (Å²) in [5.74, 6) is 1.27. The normalized spacial score (nSPS) is 15.6. The van der Waals surface area contributed by atoms with E-state index in [2.05, 4.69) is 24.4 Å². The standard InChI is InChI=1S/C26H26N2O3S/c1-3-18-5-4-6-22(15-18)28-25(30)17-32-26(28)20-9-11-21(12-10-20)27-24(29)16-19-7-13-23(31-2)14-8-19/h4-15,26H,3,16-17H2,1-2H3,(H,27,29)/t26-/m1/s1. The van der Waals surface area contributed by atoms with Gasteiger partial charge in [0, 0.05) is 11.4 Å². The van der Waals surface area contributed by atoms with Gasteiger partial charge in [-0.05, 0) is 59.5 Å². The van der Waals surface area contributed by atoms with Crippen LogP contribution in [0.25, 0.3) is 0 Å². The fourth-order valence-electron chi connectivity index (χ4n) is 3.74. The molecule has 0 spiro atoms. The average Bonchev–Trinajstić information content (AvgIpc) is 3.21. The van der Waals surface area contributed by atoms with Crippen LogP contribution >= 0.6 is 11.8 Å². The van der Waals surface area contributed by atoms with Crippen LogP contribution in [0.4, 0.5) is 11.4 Å². The summed E-state index contributed by atoms with van der Waals surface area (Å²) >= 11 is 1.62. The third kappa shape index (κ3) is 4.97. The van der Waals surface area contributed by atoms with Crippen LogP contribution in [0.1, 0.15) is 29.0 Å². The van der Waals surface area contributed by atoms with E-state index >= 15 is 0 Å². The third-order valence-electron chi connectivity index (χ3n) is 5.47. The summed E-state index contributed by atoms with van der Waals surface area (Å²) in [4.78, 5) is 26.9. The average molecular weight is 447 g/mol. The molecule has 6 heteroatoms. The molecule has 1 aliphatic rings. The van der Waals surface area contributed by atoms with Crippen molar-refractivity contribution in [3.05, 3.63) is 89.5 Å². The van der Waals surface area contributed by atoms with E-state index < -0.39 is 0 Å². The minimum absolute atomic E-state index is 0.0707. The van der Waals surface area contributed by atoms with Gasteiger partial charge in [-0.25, -0.2) is 0 Å². The highest BCUT2D eigenvalue weighted by atomic mass is 32.2. The zero-order valence-electron chi connectivity index (χ0n) is 18.2. The first kappa shape index (κ1) is 22.0. The lowest BCUT2D eigenvalue weighted by molar-refractivity contribution is -0.116. The first-order chi connectivity index (χ1) is 15.6. The lowest BCUT2D eigenvalue weighted by Crippen LogP contribution is -2.27. The Kier molecular flexibility index (Phi) is 6.81. The number of nitrogens with one attached hydrogen (secondary N) is 1. The number of nitrogens with zero attached hydrogens (tertiary/aromatic N) is 1. The predicted molar refractivity (Wildman–Crippen MR) is 130 cm³/mol. The van der Waals surface area contributed by atoms with E-state index in [-0.39, 0.29) is 17.2 Å². The van der Waals surface area contributed by atoms with Crippen molar-refractivity contribution >= 4 is 35.0 Å². The molecule has 1 saturated heterocycles. The molecule has 1 heterocycles. The molecule has 0 saturated carbocycles. The maximum Gasteiger partial charge on any atom is 0.238 e. The smallest absolute Gasteiger partial charge is 0.238 e. The van der Waals surface area contributed by atoms with Gasteiger partial charge >= 0.3 is 0 Å². The Bertz CT molecular complexity index is 1100. The topological polar surface area (TPSA) is 58.6 Å². The van der Waals surface area contributed by atoms with Crippen LogP contribution in [-0.4, -0.2) is 24.7 Å². The van der Waals surface area contributed by atoms with E-state index in [1.807, 2.05) is 65.6 Å². The van der Waals surface area contributed by atoms with Crippen molar-refractivity contribution in [2.24, 2.45) is 0 Å². The molecule has 1 fully saturated rings. The van der Waals surface area contributed by atoms with Crippen molar-refractivity contribution in [3.8, 4) is 5.75 Å². The number of thioether (sulfide) groups is 1. The van der Waals surface area contributed by atoms with E-state index in [4.69, 9.17) is 4.74 Å². The molecule has 3 aromatic carbocycles. The Morgan fingerprint density at radius 3 is 2.50 bits per heavy atom. The summed E-state index contributed by atoms with van der Waals surface area (Å²) in [5, 5.41) is 2.88. The van der Waals surface area contributed by atoms with Gasteiger partial charge in [0.1, 0.15) is 11.1 Å². The molecule has 1 aliphatic heterocycles. The lowest BCUT2D eigenvalue weighted by atomic mass is 10.1. The maximum absolute atomic E-state index is 12.6. The van der Waals surface area contributed by atoms with Crippen LogP contribution in [-0.2, 0) is 22.4 Å². The highest BCUT2D eigenvalue weighted by Gasteiger charge is 2.34. The van der Waals surface area contributed by atoms with Crippen molar-refractivity contribution in [1.29, 1.82) is 0 Å². The van der Waals surface area contributed by atoms with Crippen molar-refractivity contribution in [1.82, 2.24) is 0 Å². The highest BCUT2D eigenvalue weighted by molar-refractivity contribution is 8.00. The second-order valence-electron chi connectivity index (χ2n) is 7.65. The molecule has 3 aromatic rings. The third-order valence-corrected chi connectivity index (χ3v) is 6.68. The molecule has 0 unspecified atom stereocenters. The molecule has 32 heavy (non-hydrogen) atoms. The summed E-state index contributed by atoms with van der Waals surface area (Å²) in [6.45, 7) is 2.11. The molecule has 0 aliphatic carbocycles. The van der Waals surface area contributed by atoms with Crippen molar-refractivity contribution in [2.45, 2.75) is 25.1 Å². The number of ether oxygens (including phenoxy) is 1. The van der Waals surface area contributed by atoms with Crippen molar-refractivity contribution in [2.75, 3.05) is 23.1 Å². The van der Waals surface area contributed by atoms with Gasteiger partial charge < -0.3 is 10.1 Å². The number of anilines is 2. The zero-order valence-corrected chi connectivity index (χ0v) is 19.0. The van der Waals surface area contributed by atoms with Gasteiger partial charge in [-0.2, -0.15) is 0 Å². The maximum atomic E-state index is 12.6. The first-order valence-corrected chi connectivity index (χ1v) is 11.7. The summed E-state index contributed by atoms with van der Waals surface area (Å²) < 4.78 is 5.15. The fraction of sp³-hybridized carbons (Fsp3) is 0.231. The number of hydrogen-bond donors (Lipinski definition) is 1. The summed E-state index contributed by atoms with van der Waals surface area (Å²) in [7, 11) is 1.62. The molecule has 0 radical (unpaired) electrons. The van der Waals surface area contributed by atoms with E-state index in [1.165, 1.54) is 5.56 Å². The number of benzene rings is 3. The molecule has 0 bridgehead atoms. The monoisotopic (exact) mass is 446 g/mol. The molecule has 164 valence electrons. The largest absolute Gasteiger partial charge is 0.497 e. The molecule has 1 atom stereocenters. The fourth-order valence-corrected chi connectivity index (χ4v) is 4.92. The van der Waals surface area contributed by atoms with Crippen LogP contribution in [0.5, 0.6) is 5.75 Å². The van der Waals surface area contributed by atoms with Crippen LogP contribution in [0.3, 0.4) is 0 Å². The minimum atomic E-state index is -0.0775. The van der Waals surface area contributed by atoms with Crippen molar-refractivity contribution in [3.63, 3.8) is 0 Å². The number of hydrogen-bond acceptors (Lipinski definition) is 4. The molecule has 1 N–H and O–H groups in total. The SMILES string of the molecule is CCc1cccc(N2C(=O)CS[C@@H]2c2ccc(NC(=O)Cc3ccc(OC)cc3)cc2)c1. The van der Waals surface area contributed by atoms with Gasteiger partial charge in [-0.15, -0.1) is 11.8 Å². The Hall–Kier alpha value is -3.25. The summed E-state index contributed by atoms with van der Waals surface area (Å²) in [6.07, 6.45) is 1.22. The summed E-state index contributed by atoms with van der Waals surface area (Å²) in [5.41, 5.74) is 4.84. The number of methoxy groups -OCH3 is 1. The molecular formula is C26H26N2O3S. The van der Waals surface area contributed by atoms with Crippen LogP contribution in [0, 0.1) is 0 Å². The van der Waals surface area contributed by atoms with E-state index in [0.717, 1.165) is 34.7 Å². The number of rotatable bonds is 7. The van der Waals surface area contributed by atoms with E-state index in [9.17, 15) is 9.59 Å². The van der Waals surface area contributed by atoms with Crippen LogP contribution in [0.2, 0.25) is 0 Å². The minimum Gasteiger partial charge on any atom is -0.497 e. The molecule has 0 aromatic heterocycles. The Labute approximate surface area is 192 Å². The van der Waals surface area contributed by atoms with Gasteiger partial charge in [0.15, 0.2) is 0 Å². The number of aryl methyl sites for hydroxylation is 1. The Morgan fingerprint density at radius 1 is 1.06 bits per heavy atom. The quantitative estimate of drug-likeness (QED) is 0.541. The zero-order chi connectivity index (χ0) is 22.5. The molecular weight excluding hydrogens is 420 g/mol. The number of carbonyl (C=O) groups excluding carboxylic acids is 2. The number of carbonyl (C=O) groups is 2. The van der Waals surface area contributed by atoms with E-state index in [1.54, 1.807) is 18.9 Å².